The molecule has 0 radical (unpaired) electrons. The van der Waals surface area contributed by atoms with Crippen LogP contribution in [0.1, 0.15) is 58.6 Å². The van der Waals surface area contributed by atoms with Gasteiger partial charge < -0.3 is 9.80 Å². The molecule has 2 aromatic carbocycles. The number of benzene rings is 2. The Bertz CT molecular complexity index is 880. The van der Waals surface area contributed by atoms with Crippen LogP contribution in [0, 0.1) is 19.8 Å². The van der Waals surface area contributed by atoms with Crippen molar-refractivity contribution in [3.05, 3.63) is 70.8 Å². The third-order valence-electron chi connectivity index (χ3n) is 6.60. The van der Waals surface area contributed by atoms with Crippen molar-refractivity contribution in [1.82, 2.24) is 9.80 Å². The number of carbonyl (C=O) groups excluding carboxylic acids is 2. The molecule has 0 saturated carbocycles. The first kappa shape index (κ1) is 20.6. The van der Waals surface area contributed by atoms with Crippen LogP contribution in [0.2, 0.25) is 0 Å². The van der Waals surface area contributed by atoms with Crippen molar-refractivity contribution in [1.29, 1.82) is 0 Å². The Morgan fingerprint density at radius 2 is 1.50 bits per heavy atom. The number of hydrogen-bond donors (Lipinski definition) is 0. The van der Waals surface area contributed by atoms with Crippen molar-refractivity contribution < 1.29 is 9.59 Å². The second-order valence-electron chi connectivity index (χ2n) is 8.98. The lowest BCUT2D eigenvalue weighted by molar-refractivity contribution is -0.138. The summed E-state index contributed by atoms with van der Waals surface area (Å²) >= 11 is 0. The SMILES string of the molecule is Cc1cc(C)cc(C(=O)N2CCCC(C(=O)N3CCC(c4ccccc4)CC3)C2)c1. The summed E-state index contributed by atoms with van der Waals surface area (Å²) in [4.78, 5) is 30.2. The van der Waals surface area contributed by atoms with Gasteiger partial charge in [0.25, 0.3) is 5.91 Å². The summed E-state index contributed by atoms with van der Waals surface area (Å²) in [7, 11) is 0. The van der Waals surface area contributed by atoms with Gasteiger partial charge in [0.15, 0.2) is 0 Å². The molecule has 30 heavy (non-hydrogen) atoms. The molecule has 2 amide bonds. The van der Waals surface area contributed by atoms with Gasteiger partial charge in [0.05, 0.1) is 5.92 Å². The molecule has 2 aliphatic rings. The van der Waals surface area contributed by atoms with Crippen LogP contribution < -0.4 is 0 Å². The molecule has 0 spiro atoms. The van der Waals surface area contributed by atoms with Crippen LogP contribution in [0.15, 0.2) is 48.5 Å². The predicted octanol–water partition coefficient (Wildman–Crippen LogP) is 4.56. The van der Waals surface area contributed by atoms with Crippen LogP contribution in [0.25, 0.3) is 0 Å². The number of carbonyl (C=O) groups is 2. The highest BCUT2D eigenvalue weighted by Gasteiger charge is 2.33. The topological polar surface area (TPSA) is 40.6 Å². The molecule has 4 heteroatoms. The van der Waals surface area contributed by atoms with Crippen LogP contribution in [0.3, 0.4) is 0 Å². The summed E-state index contributed by atoms with van der Waals surface area (Å²) in [5.41, 5.74) is 4.32. The van der Waals surface area contributed by atoms with E-state index in [1.165, 1.54) is 5.56 Å². The molecule has 2 aliphatic heterocycles. The molecular weight excluding hydrogens is 372 g/mol. The smallest absolute Gasteiger partial charge is 0.253 e. The standard InChI is InChI=1S/C26H32N2O2/c1-19-15-20(2)17-24(16-19)26(30)28-12-6-9-23(18-28)25(29)27-13-10-22(11-14-27)21-7-4-3-5-8-21/h3-5,7-8,15-17,22-23H,6,9-14,18H2,1-2H3. The fourth-order valence-corrected chi connectivity index (χ4v) is 5.06. The largest absolute Gasteiger partial charge is 0.342 e. The lowest BCUT2D eigenvalue weighted by Crippen LogP contribution is -2.48. The van der Waals surface area contributed by atoms with E-state index in [2.05, 4.69) is 36.4 Å². The molecule has 2 heterocycles. The predicted molar refractivity (Wildman–Crippen MR) is 120 cm³/mol. The molecule has 1 unspecified atom stereocenters. The maximum absolute atomic E-state index is 13.2. The first-order valence-electron chi connectivity index (χ1n) is 11.2. The lowest BCUT2D eigenvalue weighted by atomic mass is 9.88. The van der Waals surface area contributed by atoms with E-state index >= 15 is 0 Å². The number of aryl methyl sites for hydroxylation is 2. The summed E-state index contributed by atoms with van der Waals surface area (Å²) in [6.07, 6.45) is 3.82. The molecule has 1 atom stereocenters. The first-order chi connectivity index (χ1) is 14.5. The highest BCUT2D eigenvalue weighted by molar-refractivity contribution is 5.95. The van der Waals surface area contributed by atoms with Crippen molar-refractivity contribution in [3.63, 3.8) is 0 Å². The van der Waals surface area contributed by atoms with Crippen molar-refractivity contribution in [2.45, 2.75) is 45.4 Å². The van der Waals surface area contributed by atoms with Crippen LogP contribution >= 0.6 is 0 Å². The van der Waals surface area contributed by atoms with Crippen molar-refractivity contribution >= 4 is 11.8 Å². The summed E-state index contributed by atoms with van der Waals surface area (Å²) in [6, 6.07) is 16.6. The normalized spacial score (nSPS) is 20.3. The van der Waals surface area contributed by atoms with Crippen molar-refractivity contribution in [2.24, 2.45) is 5.92 Å². The van der Waals surface area contributed by atoms with E-state index in [-0.39, 0.29) is 17.7 Å². The minimum absolute atomic E-state index is 0.0575. The maximum atomic E-state index is 13.2. The Hall–Kier alpha value is -2.62. The van der Waals surface area contributed by atoms with Gasteiger partial charge in [-0.25, -0.2) is 0 Å². The molecule has 2 saturated heterocycles. The zero-order valence-electron chi connectivity index (χ0n) is 18.1. The number of hydrogen-bond acceptors (Lipinski definition) is 2. The minimum atomic E-state index is -0.0677. The van der Waals surface area contributed by atoms with E-state index in [1.54, 1.807) is 0 Å². The van der Waals surface area contributed by atoms with Gasteiger partial charge in [-0.15, -0.1) is 0 Å². The van der Waals surface area contributed by atoms with Crippen LogP contribution in [0.5, 0.6) is 0 Å². The molecule has 2 aromatic rings. The molecule has 0 N–H and O–H groups in total. The van der Waals surface area contributed by atoms with Crippen LogP contribution in [0.4, 0.5) is 0 Å². The maximum Gasteiger partial charge on any atom is 0.253 e. The second kappa shape index (κ2) is 9.03. The summed E-state index contributed by atoms with van der Waals surface area (Å²) < 4.78 is 0. The Balaban J connectivity index is 1.36. The zero-order chi connectivity index (χ0) is 21.1. The van der Waals surface area contributed by atoms with Gasteiger partial charge in [0.1, 0.15) is 0 Å². The second-order valence-corrected chi connectivity index (χ2v) is 8.98. The van der Waals surface area contributed by atoms with Gasteiger partial charge in [0, 0.05) is 31.7 Å². The van der Waals surface area contributed by atoms with Gasteiger partial charge in [0.2, 0.25) is 5.91 Å². The van der Waals surface area contributed by atoms with Crippen LogP contribution in [-0.4, -0.2) is 47.8 Å². The highest BCUT2D eigenvalue weighted by atomic mass is 16.2. The van der Waals surface area contributed by atoms with E-state index in [0.29, 0.717) is 12.5 Å². The molecule has 4 rings (SSSR count). The third-order valence-corrected chi connectivity index (χ3v) is 6.60. The monoisotopic (exact) mass is 404 g/mol. The Kier molecular flexibility index (Phi) is 6.21. The Morgan fingerprint density at radius 1 is 0.833 bits per heavy atom. The lowest BCUT2D eigenvalue weighted by Gasteiger charge is -2.38. The number of piperidine rings is 2. The van der Waals surface area contributed by atoms with Crippen molar-refractivity contribution in [2.75, 3.05) is 26.2 Å². The highest BCUT2D eigenvalue weighted by Crippen LogP contribution is 2.29. The molecule has 2 fully saturated rings. The van der Waals surface area contributed by atoms with Gasteiger partial charge in [-0.1, -0.05) is 47.5 Å². The Morgan fingerprint density at radius 3 is 2.17 bits per heavy atom. The van der Waals surface area contributed by atoms with E-state index < -0.39 is 0 Å². The van der Waals surface area contributed by atoms with Crippen LogP contribution in [-0.2, 0) is 4.79 Å². The third kappa shape index (κ3) is 4.58. The van der Waals surface area contributed by atoms with E-state index in [9.17, 15) is 9.59 Å². The number of rotatable bonds is 3. The number of amides is 2. The Labute approximate surface area is 179 Å². The molecule has 0 bridgehead atoms. The van der Waals surface area contributed by atoms with E-state index in [0.717, 1.165) is 62.0 Å². The average Bonchev–Trinajstić information content (AvgIpc) is 2.78. The zero-order valence-corrected chi connectivity index (χ0v) is 18.1. The average molecular weight is 405 g/mol. The molecule has 0 aliphatic carbocycles. The molecule has 4 nitrogen and oxygen atoms in total. The van der Waals surface area contributed by atoms with Gasteiger partial charge in [-0.2, -0.15) is 0 Å². The van der Waals surface area contributed by atoms with Gasteiger partial charge >= 0.3 is 0 Å². The van der Waals surface area contributed by atoms with Crippen molar-refractivity contribution in [3.8, 4) is 0 Å². The summed E-state index contributed by atoms with van der Waals surface area (Å²) in [5, 5.41) is 0. The summed E-state index contributed by atoms with van der Waals surface area (Å²) in [6.45, 7) is 6.96. The number of likely N-dealkylation sites (tertiary alicyclic amines) is 2. The van der Waals surface area contributed by atoms with E-state index in [1.807, 2.05) is 35.8 Å². The fourth-order valence-electron chi connectivity index (χ4n) is 5.06. The summed E-state index contributed by atoms with van der Waals surface area (Å²) in [5.74, 6) is 0.771. The van der Waals surface area contributed by atoms with Gasteiger partial charge in [-0.05, 0) is 63.1 Å². The molecule has 0 aromatic heterocycles. The van der Waals surface area contributed by atoms with E-state index in [4.69, 9.17) is 0 Å². The first-order valence-corrected chi connectivity index (χ1v) is 11.2. The minimum Gasteiger partial charge on any atom is -0.342 e. The fraction of sp³-hybridized carbons (Fsp3) is 0.462. The molecule has 158 valence electrons. The molecular formula is C26H32N2O2. The quantitative estimate of drug-likeness (QED) is 0.752. The van der Waals surface area contributed by atoms with Gasteiger partial charge in [-0.3, -0.25) is 9.59 Å². The number of nitrogens with zero attached hydrogens (tertiary/aromatic N) is 2.